The number of hydrogen-bond acceptors (Lipinski definition) is 10. The molecule has 0 aromatic carbocycles. The van der Waals surface area contributed by atoms with Crippen LogP contribution in [0.25, 0.3) is 0 Å². The number of Topliss-reactive ketones (excluding diaryl/α,β-unsaturated/α-hetero) is 1. The van der Waals surface area contributed by atoms with Gasteiger partial charge in [0.1, 0.15) is 25.0 Å². The summed E-state index contributed by atoms with van der Waals surface area (Å²) in [5.41, 5.74) is 4.85. The Balaban J connectivity index is -0.0000000482. The maximum Gasteiger partial charge on any atom is 0.324 e. The highest BCUT2D eigenvalue weighted by Gasteiger charge is 2.24. The quantitative estimate of drug-likeness (QED) is 0.130. The van der Waals surface area contributed by atoms with Crippen molar-refractivity contribution in [1.29, 1.82) is 0 Å². The Labute approximate surface area is 241 Å². The van der Waals surface area contributed by atoms with Crippen LogP contribution in [0.1, 0.15) is 59.8 Å². The smallest absolute Gasteiger partial charge is 0.324 e. The van der Waals surface area contributed by atoms with Crippen LogP contribution in [0, 0.1) is 0 Å². The molecule has 0 aromatic rings. The van der Waals surface area contributed by atoms with Crippen molar-refractivity contribution in [2.24, 2.45) is 5.73 Å². The van der Waals surface area contributed by atoms with Gasteiger partial charge in [0.25, 0.3) is 0 Å². The first-order chi connectivity index (χ1) is 17.9. The normalized spacial score (nSPS) is 8.68. The number of ketones is 1. The first-order valence-corrected chi connectivity index (χ1v) is 13.1. The number of carboxylic acid groups (broad SMARTS) is 2. The van der Waals surface area contributed by atoms with Gasteiger partial charge in [-0.15, -0.1) is 0 Å². The monoisotopic (exact) mass is 615 g/mol. The summed E-state index contributed by atoms with van der Waals surface area (Å²) in [5, 5.41) is 23.7. The third kappa shape index (κ3) is 91.7. The Bertz CT molecular complexity index is 500. The summed E-state index contributed by atoms with van der Waals surface area (Å²) < 4.78 is 8.19. The van der Waals surface area contributed by atoms with Crippen molar-refractivity contribution in [3.8, 4) is 0 Å². The van der Waals surface area contributed by atoms with Gasteiger partial charge in [0.2, 0.25) is 0 Å². The lowest BCUT2D eigenvalue weighted by Crippen LogP contribution is -2.26. The Morgan fingerprint density at radius 2 is 1.13 bits per heavy atom. The molecule has 1 saturated heterocycles. The molecule has 216 valence electrons. The van der Waals surface area contributed by atoms with Crippen LogP contribution < -0.4 is 5.73 Å². The van der Waals surface area contributed by atoms with Crippen LogP contribution in [0.2, 0.25) is 0 Å². The second kappa shape index (κ2) is 60.6. The lowest BCUT2D eigenvalue weighted by atomic mass is 10.2. The van der Waals surface area contributed by atoms with Gasteiger partial charge in [-0.1, -0.05) is 13.8 Å². The molecular formula is C18H41B4NO11P4. The molecule has 1 aliphatic rings. The summed E-state index contributed by atoms with van der Waals surface area (Å²) in [5.74, 6) is -3.91. The molecule has 0 aliphatic carbocycles. The lowest BCUT2D eigenvalue weighted by Gasteiger charge is -2.06. The molecule has 0 spiro atoms. The van der Waals surface area contributed by atoms with E-state index in [0.29, 0.717) is 6.42 Å². The number of aliphatic carboxylic acids is 2. The van der Waals surface area contributed by atoms with E-state index in [4.69, 9.17) is 21.1 Å². The van der Waals surface area contributed by atoms with Crippen molar-refractivity contribution < 1.29 is 53.6 Å². The van der Waals surface area contributed by atoms with Crippen LogP contribution in [0.15, 0.2) is 0 Å². The van der Waals surface area contributed by atoms with Gasteiger partial charge < -0.3 is 30.5 Å². The number of esters is 3. The molecule has 1 fully saturated rings. The van der Waals surface area contributed by atoms with Gasteiger partial charge in [0.05, 0.1) is 36.9 Å². The second-order valence-electron chi connectivity index (χ2n) is 4.98. The number of aliphatic hydroxyl groups is 1. The zero-order valence-electron chi connectivity index (χ0n) is 22.5. The van der Waals surface area contributed by atoms with Crippen molar-refractivity contribution in [3.63, 3.8) is 0 Å². The first kappa shape index (κ1) is 57.1. The number of carboxylic acids is 2. The third-order valence-corrected chi connectivity index (χ3v) is 1.99. The lowest BCUT2D eigenvalue weighted by molar-refractivity contribution is -0.174. The minimum absolute atomic E-state index is 0.0278. The van der Waals surface area contributed by atoms with Gasteiger partial charge in [-0.25, -0.2) is 0 Å². The maximum atomic E-state index is 10.5. The van der Waals surface area contributed by atoms with E-state index >= 15 is 0 Å². The third-order valence-electron chi connectivity index (χ3n) is 1.99. The van der Waals surface area contributed by atoms with Crippen LogP contribution in [-0.2, 0) is 38.2 Å². The van der Waals surface area contributed by atoms with Crippen molar-refractivity contribution in [1.82, 2.24) is 0 Å². The summed E-state index contributed by atoms with van der Waals surface area (Å²) in [6, 6.07) is 0. The van der Waals surface area contributed by atoms with E-state index in [1.807, 2.05) is 50.3 Å². The Hall–Kier alpha value is -0.880. The molecule has 4 unspecified atom stereocenters. The van der Waals surface area contributed by atoms with Crippen LogP contribution in [0.3, 0.4) is 0 Å². The fourth-order valence-electron chi connectivity index (χ4n) is 1.11. The van der Waals surface area contributed by atoms with Crippen molar-refractivity contribution >= 4 is 102 Å². The van der Waals surface area contributed by atoms with Crippen molar-refractivity contribution in [2.75, 3.05) is 19.8 Å². The fraction of sp³-hybridized carbons (Fsp3) is 0.667. The van der Waals surface area contributed by atoms with Gasteiger partial charge in [-0.2, -0.15) is 36.5 Å². The van der Waals surface area contributed by atoms with E-state index in [9.17, 15) is 28.8 Å². The van der Waals surface area contributed by atoms with Crippen LogP contribution >= 0.6 is 36.5 Å². The van der Waals surface area contributed by atoms with E-state index in [0.717, 1.165) is 13.0 Å². The minimum Gasteiger partial charge on any atom is -0.481 e. The molecule has 0 aromatic heterocycles. The van der Waals surface area contributed by atoms with Gasteiger partial charge in [0.15, 0.2) is 0 Å². The van der Waals surface area contributed by atoms with Gasteiger partial charge in [0, 0.05) is 13.0 Å². The number of carbonyl (C=O) groups excluding carboxylic acids is 4. The maximum absolute atomic E-state index is 10.5. The largest absolute Gasteiger partial charge is 0.481 e. The summed E-state index contributed by atoms with van der Waals surface area (Å²) in [7, 11) is 25.3. The predicted octanol–water partition coefficient (Wildman–Crippen LogP) is 0.0580. The van der Waals surface area contributed by atoms with E-state index in [1.165, 1.54) is 0 Å². The molecule has 5 N–H and O–H groups in total. The molecule has 12 nitrogen and oxygen atoms in total. The van der Waals surface area contributed by atoms with Gasteiger partial charge in [-0.05, 0) is 26.8 Å². The van der Waals surface area contributed by atoms with Gasteiger partial charge in [-0.3, -0.25) is 28.8 Å². The van der Waals surface area contributed by atoms with Crippen molar-refractivity contribution in [3.05, 3.63) is 0 Å². The molecule has 1 rings (SSSR count). The molecule has 1 aliphatic heterocycles. The van der Waals surface area contributed by atoms with Crippen LogP contribution in [-0.4, -0.2) is 101 Å². The molecule has 0 saturated carbocycles. The standard InChI is InChI=1S/C6H10O3.C5H8O4.C3H2O3.C2H7N.C2H6O.4BH2P/c1-2-3-5(7)4-6(8)9;1-2-9-5(8)3-4(6)7;4-2-1-3(5)6-2;2*1-2-3;4*1-2/h2-4H2,1H3,(H,8,9);2-3H2,1H3,(H,6,7);1H2;2-3H2,1H3;3H,2H2,1H3;4*2H2. The Morgan fingerprint density at radius 1 is 0.842 bits per heavy atom. The average Bonchev–Trinajstić information content (AvgIpc) is 2.85. The molecule has 1 heterocycles. The number of carbonyl (C=O) groups is 6. The summed E-state index contributed by atoms with van der Waals surface area (Å²) in [4.78, 5) is 59.7. The summed E-state index contributed by atoms with van der Waals surface area (Å²) in [6.07, 6.45) is 0.208. The molecule has 38 heavy (non-hydrogen) atoms. The molecule has 8 radical (unpaired) electrons. The van der Waals surface area contributed by atoms with E-state index < -0.39 is 36.3 Å². The molecular weight excluding hydrogens is 573 g/mol. The fourth-order valence-corrected chi connectivity index (χ4v) is 1.11. The highest BCUT2D eigenvalue weighted by molar-refractivity contribution is 7.50. The van der Waals surface area contributed by atoms with Crippen LogP contribution in [0.4, 0.5) is 0 Å². The number of cyclic esters (lactones) is 2. The minimum atomic E-state index is -1.16. The molecule has 0 bridgehead atoms. The molecule has 4 atom stereocenters. The second-order valence-corrected chi connectivity index (χ2v) is 4.98. The Morgan fingerprint density at radius 3 is 1.29 bits per heavy atom. The first-order valence-electron chi connectivity index (χ1n) is 10.4. The SMILES string of the molecule is CCCC(=O)CC(=O)O.CCN.CCO.CCOC(=O)CC(=O)O.O=C1CC(=O)O1.[B]P.[B]P.[B]P.[B]P. The van der Waals surface area contributed by atoms with Crippen LogP contribution in [0.5, 0.6) is 0 Å². The number of aliphatic hydroxyl groups excluding tert-OH is 1. The molecule has 0 amide bonds. The van der Waals surface area contributed by atoms with Crippen molar-refractivity contribution in [2.45, 2.75) is 59.8 Å². The van der Waals surface area contributed by atoms with E-state index in [2.05, 4.69) is 39.7 Å². The summed E-state index contributed by atoms with van der Waals surface area (Å²) >= 11 is 0. The van der Waals surface area contributed by atoms with E-state index in [1.54, 1.807) is 13.8 Å². The number of rotatable bonds is 7. The number of hydrogen-bond donors (Lipinski definition) is 4. The highest BCUT2D eigenvalue weighted by Crippen LogP contribution is 2.00. The number of ether oxygens (including phenoxy) is 2. The predicted molar refractivity (Wildman–Crippen MR) is 166 cm³/mol. The highest BCUT2D eigenvalue weighted by atomic mass is 31.0. The average molecular weight is 615 g/mol. The number of nitrogens with two attached hydrogens (primary N) is 1. The summed E-state index contributed by atoms with van der Waals surface area (Å²) in [6.45, 7) is 8.28. The zero-order chi connectivity index (χ0) is 32.5. The topological polar surface area (TPSA) is 208 Å². The Kier molecular flexibility index (Phi) is 91.0. The van der Waals surface area contributed by atoms with Gasteiger partial charge >= 0.3 is 29.8 Å². The van der Waals surface area contributed by atoms with E-state index in [-0.39, 0.29) is 31.8 Å². The zero-order valence-corrected chi connectivity index (χ0v) is 27.1. The molecule has 20 heteroatoms.